The summed E-state index contributed by atoms with van der Waals surface area (Å²) in [5.41, 5.74) is -0.419. The van der Waals surface area contributed by atoms with Crippen molar-refractivity contribution in [1.82, 2.24) is 10.2 Å². The van der Waals surface area contributed by atoms with Crippen LogP contribution in [0.1, 0.15) is 39.1 Å². The fourth-order valence-corrected chi connectivity index (χ4v) is 2.81. The molecule has 1 aromatic rings. The Bertz CT molecular complexity index is 402. The number of carbonyl (C=O) groups excluding carboxylic acids is 1. The lowest BCUT2D eigenvalue weighted by molar-refractivity contribution is -0.151. The zero-order valence-corrected chi connectivity index (χ0v) is 13.5. The van der Waals surface area contributed by atoms with Crippen molar-refractivity contribution < 1.29 is 9.53 Å². The summed E-state index contributed by atoms with van der Waals surface area (Å²) < 4.78 is 5.23. The first-order valence-corrected chi connectivity index (χ1v) is 8.23. The molecule has 5 nitrogen and oxygen atoms in total. The molecule has 1 aromatic heterocycles. The zero-order valence-electron chi connectivity index (χ0n) is 11.9. The Hall–Kier alpha value is -0.820. The van der Waals surface area contributed by atoms with E-state index < -0.39 is 5.60 Å². The maximum Gasteiger partial charge on any atom is 0.316 e. The van der Waals surface area contributed by atoms with Crippen molar-refractivity contribution in [2.24, 2.45) is 0 Å². The Balaban J connectivity index is 2.25. The smallest absolute Gasteiger partial charge is 0.316 e. The van der Waals surface area contributed by atoms with Gasteiger partial charge in [-0.1, -0.05) is 18.3 Å². The molecule has 0 aliphatic rings. The van der Waals surface area contributed by atoms with E-state index in [0.29, 0.717) is 11.5 Å². The van der Waals surface area contributed by atoms with Crippen molar-refractivity contribution in [3.05, 3.63) is 5.01 Å². The Morgan fingerprint density at radius 3 is 2.79 bits per heavy atom. The average Bonchev–Trinajstić information content (AvgIpc) is 2.72. The molecule has 1 N–H and O–H groups in total. The lowest BCUT2D eigenvalue weighted by Gasteiger charge is -2.19. The molecule has 0 atom stereocenters. The van der Waals surface area contributed by atoms with Crippen LogP contribution in [0.5, 0.6) is 0 Å². The number of aromatic nitrogens is 2. The molecule has 0 aliphatic carbocycles. The first-order chi connectivity index (χ1) is 8.90. The molecule has 1 heterocycles. The molecule has 1 rings (SSSR count). The van der Waals surface area contributed by atoms with Crippen molar-refractivity contribution >= 4 is 34.2 Å². The highest BCUT2D eigenvalue weighted by atomic mass is 32.2. The predicted octanol–water partition coefficient (Wildman–Crippen LogP) is 2.93. The molecule has 0 unspecified atom stereocenters. The Labute approximate surface area is 122 Å². The van der Waals surface area contributed by atoms with Gasteiger partial charge in [-0.05, 0) is 27.2 Å². The molecule has 0 spiro atoms. The standard InChI is InChI=1S/C12H21N3O2S2/c1-5-6-13-11-15-14-9(19-11)7-18-8-10(16)17-12(2,3)4/h5-8H2,1-4H3,(H,13,15). The van der Waals surface area contributed by atoms with Crippen LogP contribution in [0.25, 0.3) is 0 Å². The number of anilines is 1. The zero-order chi connectivity index (χ0) is 14.3. The van der Waals surface area contributed by atoms with Crippen molar-refractivity contribution in [2.45, 2.75) is 45.5 Å². The van der Waals surface area contributed by atoms with Gasteiger partial charge < -0.3 is 10.1 Å². The minimum absolute atomic E-state index is 0.189. The maximum absolute atomic E-state index is 11.5. The Morgan fingerprint density at radius 1 is 1.42 bits per heavy atom. The highest BCUT2D eigenvalue weighted by Gasteiger charge is 2.16. The summed E-state index contributed by atoms with van der Waals surface area (Å²) in [6, 6.07) is 0. The predicted molar refractivity (Wildman–Crippen MR) is 80.7 cm³/mol. The fraction of sp³-hybridized carbons (Fsp3) is 0.750. The highest BCUT2D eigenvalue weighted by molar-refractivity contribution is 7.99. The molecule has 108 valence electrons. The van der Waals surface area contributed by atoms with Gasteiger partial charge in [0.05, 0.1) is 5.75 Å². The highest BCUT2D eigenvalue weighted by Crippen LogP contribution is 2.20. The van der Waals surface area contributed by atoms with E-state index in [1.165, 1.54) is 23.1 Å². The minimum Gasteiger partial charge on any atom is -0.459 e. The average molecular weight is 303 g/mol. The van der Waals surface area contributed by atoms with Gasteiger partial charge in [-0.3, -0.25) is 4.79 Å². The maximum atomic E-state index is 11.5. The van der Waals surface area contributed by atoms with E-state index in [4.69, 9.17) is 4.74 Å². The molecule has 7 heteroatoms. The largest absolute Gasteiger partial charge is 0.459 e. The van der Waals surface area contributed by atoms with Gasteiger partial charge >= 0.3 is 5.97 Å². The number of ether oxygens (including phenoxy) is 1. The first-order valence-electron chi connectivity index (χ1n) is 6.26. The number of nitrogens with zero attached hydrogens (tertiary/aromatic N) is 2. The Morgan fingerprint density at radius 2 is 2.16 bits per heavy atom. The van der Waals surface area contributed by atoms with Gasteiger partial charge in [0, 0.05) is 12.3 Å². The molecule has 0 radical (unpaired) electrons. The molecule has 0 bridgehead atoms. The Kier molecular flexibility index (Phi) is 6.57. The summed E-state index contributed by atoms with van der Waals surface area (Å²) in [7, 11) is 0. The molecule has 0 saturated carbocycles. The number of rotatable bonds is 7. The monoisotopic (exact) mass is 303 g/mol. The number of nitrogens with one attached hydrogen (secondary N) is 1. The topological polar surface area (TPSA) is 64.1 Å². The number of hydrogen-bond acceptors (Lipinski definition) is 7. The van der Waals surface area contributed by atoms with Crippen molar-refractivity contribution in [1.29, 1.82) is 0 Å². The van der Waals surface area contributed by atoms with Gasteiger partial charge in [0.15, 0.2) is 0 Å². The third-order valence-electron chi connectivity index (χ3n) is 1.86. The van der Waals surface area contributed by atoms with E-state index in [1.807, 2.05) is 20.8 Å². The number of esters is 1. The van der Waals surface area contributed by atoms with Gasteiger partial charge in [0.1, 0.15) is 10.6 Å². The first kappa shape index (κ1) is 16.2. The number of hydrogen-bond donors (Lipinski definition) is 1. The summed E-state index contributed by atoms with van der Waals surface area (Å²) in [5, 5.41) is 13.1. The van der Waals surface area contributed by atoms with E-state index in [1.54, 1.807) is 0 Å². The van der Waals surface area contributed by atoms with Crippen LogP contribution in [0.3, 0.4) is 0 Å². The second-order valence-electron chi connectivity index (χ2n) is 5.01. The van der Waals surface area contributed by atoms with Crippen molar-refractivity contribution in [3.8, 4) is 0 Å². The van der Waals surface area contributed by atoms with E-state index in [9.17, 15) is 4.79 Å². The van der Waals surface area contributed by atoms with Crippen LogP contribution in [-0.2, 0) is 15.3 Å². The molecule has 0 fully saturated rings. The van der Waals surface area contributed by atoms with Crippen molar-refractivity contribution in [2.75, 3.05) is 17.6 Å². The number of thioether (sulfide) groups is 1. The third kappa shape index (κ3) is 7.37. The minimum atomic E-state index is -0.419. The molecular formula is C12H21N3O2S2. The SMILES string of the molecule is CCCNc1nnc(CSCC(=O)OC(C)(C)C)s1. The summed E-state index contributed by atoms with van der Waals surface area (Å²) in [6.07, 6.45) is 1.06. The normalized spacial score (nSPS) is 11.4. The summed E-state index contributed by atoms with van der Waals surface area (Å²) in [5.74, 6) is 0.839. The number of carbonyl (C=O) groups is 1. The third-order valence-corrected chi connectivity index (χ3v) is 3.84. The van der Waals surface area contributed by atoms with Gasteiger partial charge in [-0.15, -0.1) is 22.0 Å². The van der Waals surface area contributed by atoms with Gasteiger partial charge in [-0.2, -0.15) is 0 Å². The van der Waals surface area contributed by atoms with Crippen LogP contribution in [0.15, 0.2) is 0 Å². The summed E-state index contributed by atoms with van der Waals surface area (Å²) in [6.45, 7) is 8.61. The quantitative estimate of drug-likeness (QED) is 0.781. The van der Waals surface area contributed by atoms with Crippen molar-refractivity contribution in [3.63, 3.8) is 0 Å². The summed E-state index contributed by atoms with van der Waals surface area (Å²) >= 11 is 3.03. The van der Waals surface area contributed by atoms with Crippen LogP contribution in [0, 0.1) is 0 Å². The van der Waals surface area contributed by atoms with Crippen LogP contribution in [0.4, 0.5) is 5.13 Å². The van der Waals surface area contributed by atoms with E-state index >= 15 is 0 Å². The van der Waals surface area contributed by atoms with Crippen LogP contribution in [0.2, 0.25) is 0 Å². The van der Waals surface area contributed by atoms with Gasteiger partial charge in [-0.25, -0.2) is 0 Å². The van der Waals surface area contributed by atoms with E-state index in [0.717, 1.165) is 23.1 Å². The molecule has 19 heavy (non-hydrogen) atoms. The van der Waals surface area contributed by atoms with Crippen LogP contribution < -0.4 is 5.32 Å². The van der Waals surface area contributed by atoms with Crippen LogP contribution >= 0.6 is 23.1 Å². The molecule has 0 amide bonds. The van der Waals surface area contributed by atoms with Crippen LogP contribution in [-0.4, -0.2) is 34.1 Å². The van der Waals surface area contributed by atoms with E-state index in [2.05, 4.69) is 22.4 Å². The van der Waals surface area contributed by atoms with Gasteiger partial charge in [0.25, 0.3) is 0 Å². The molecule has 0 saturated heterocycles. The van der Waals surface area contributed by atoms with E-state index in [-0.39, 0.29) is 5.97 Å². The molecule has 0 aliphatic heterocycles. The molecule has 0 aromatic carbocycles. The lowest BCUT2D eigenvalue weighted by Crippen LogP contribution is -2.24. The second-order valence-corrected chi connectivity index (χ2v) is 7.05. The van der Waals surface area contributed by atoms with Gasteiger partial charge in [0.2, 0.25) is 5.13 Å². The summed E-state index contributed by atoms with van der Waals surface area (Å²) in [4.78, 5) is 11.5. The lowest BCUT2D eigenvalue weighted by atomic mass is 10.2. The fourth-order valence-electron chi connectivity index (χ4n) is 1.21. The second kappa shape index (κ2) is 7.69. The molecular weight excluding hydrogens is 282 g/mol.